The van der Waals surface area contributed by atoms with Gasteiger partial charge in [0.15, 0.2) is 0 Å². The van der Waals surface area contributed by atoms with Crippen molar-refractivity contribution in [2.45, 2.75) is 6.92 Å². The average Bonchev–Trinajstić information content (AvgIpc) is 2.37. The lowest BCUT2D eigenvalue weighted by Crippen LogP contribution is -2.06. The summed E-state index contributed by atoms with van der Waals surface area (Å²) in [4.78, 5) is 15.0. The van der Waals surface area contributed by atoms with Gasteiger partial charge in [0.2, 0.25) is 0 Å². The third-order valence-electron chi connectivity index (χ3n) is 2.59. The molecule has 0 aliphatic rings. The number of rotatable bonds is 3. The zero-order valence-electron chi connectivity index (χ0n) is 10.2. The summed E-state index contributed by atoms with van der Waals surface area (Å²) in [6, 6.07) is 3.30. The van der Waals surface area contributed by atoms with Crippen molar-refractivity contribution in [2.75, 3.05) is 5.32 Å². The van der Waals surface area contributed by atoms with Crippen LogP contribution in [0.4, 0.5) is 20.3 Å². The first kappa shape index (κ1) is 14.4. The van der Waals surface area contributed by atoms with Crippen LogP contribution in [0.3, 0.4) is 0 Å². The SMILES string of the molecule is Cc1cc(F)c(Nc2ncc(Br)cc2C(=O)O)cc1F. The van der Waals surface area contributed by atoms with Gasteiger partial charge in [0, 0.05) is 16.7 Å². The highest BCUT2D eigenvalue weighted by Gasteiger charge is 2.15. The van der Waals surface area contributed by atoms with Crippen LogP contribution in [0.2, 0.25) is 0 Å². The fraction of sp³-hybridized carbons (Fsp3) is 0.0769. The van der Waals surface area contributed by atoms with E-state index in [4.69, 9.17) is 5.11 Å². The zero-order chi connectivity index (χ0) is 14.9. The van der Waals surface area contributed by atoms with Crippen molar-refractivity contribution in [2.24, 2.45) is 0 Å². The second-order valence-electron chi connectivity index (χ2n) is 4.06. The molecule has 2 aromatic rings. The standard InChI is InChI=1S/C13H9BrF2N2O2/c1-6-2-10(16)11(4-9(6)15)18-12-8(13(19)20)3-7(14)5-17-12/h2-5H,1H3,(H,17,18)(H,19,20). The van der Waals surface area contributed by atoms with E-state index < -0.39 is 17.6 Å². The van der Waals surface area contributed by atoms with Gasteiger partial charge in [0.25, 0.3) is 0 Å². The highest BCUT2D eigenvalue weighted by Crippen LogP contribution is 2.25. The van der Waals surface area contributed by atoms with Gasteiger partial charge >= 0.3 is 5.97 Å². The topological polar surface area (TPSA) is 62.2 Å². The first-order valence-electron chi connectivity index (χ1n) is 5.50. The van der Waals surface area contributed by atoms with E-state index in [2.05, 4.69) is 26.2 Å². The summed E-state index contributed by atoms with van der Waals surface area (Å²) < 4.78 is 27.6. The predicted octanol–water partition coefficient (Wildman–Crippen LogP) is 3.87. The van der Waals surface area contributed by atoms with E-state index >= 15 is 0 Å². The fourth-order valence-electron chi connectivity index (χ4n) is 1.57. The maximum atomic E-state index is 13.7. The lowest BCUT2D eigenvalue weighted by molar-refractivity contribution is 0.0697. The highest BCUT2D eigenvalue weighted by molar-refractivity contribution is 9.10. The minimum Gasteiger partial charge on any atom is -0.478 e. The molecule has 7 heteroatoms. The van der Waals surface area contributed by atoms with E-state index in [1.54, 1.807) is 0 Å². The van der Waals surface area contributed by atoms with Crippen LogP contribution in [0.1, 0.15) is 15.9 Å². The molecule has 0 amide bonds. The Labute approximate surface area is 121 Å². The number of nitrogens with one attached hydrogen (secondary N) is 1. The van der Waals surface area contributed by atoms with Crippen molar-refractivity contribution in [1.82, 2.24) is 4.98 Å². The molecule has 0 unspecified atom stereocenters. The number of halogens is 3. The highest BCUT2D eigenvalue weighted by atomic mass is 79.9. The molecule has 0 aliphatic heterocycles. The normalized spacial score (nSPS) is 10.4. The number of nitrogens with zero attached hydrogens (tertiary/aromatic N) is 1. The van der Waals surface area contributed by atoms with E-state index in [0.717, 1.165) is 12.1 Å². The van der Waals surface area contributed by atoms with Gasteiger partial charge in [-0.1, -0.05) is 0 Å². The van der Waals surface area contributed by atoms with E-state index in [1.165, 1.54) is 19.2 Å². The van der Waals surface area contributed by atoms with Gasteiger partial charge in [-0.05, 0) is 40.5 Å². The second-order valence-corrected chi connectivity index (χ2v) is 4.98. The minimum atomic E-state index is -1.23. The molecule has 0 bridgehead atoms. The summed E-state index contributed by atoms with van der Waals surface area (Å²) in [5.41, 5.74) is -0.166. The molecule has 0 fully saturated rings. The van der Waals surface area contributed by atoms with Gasteiger partial charge in [-0.25, -0.2) is 18.6 Å². The molecule has 0 saturated heterocycles. The monoisotopic (exact) mass is 342 g/mol. The molecular formula is C13H9BrF2N2O2. The predicted molar refractivity (Wildman–Crippen MR) is 73.3 cm³/mol. The van der Waals surface area contributed by atoms with Crippen LogP contribution in [0.5, 0.6) is 0 Å². The molecular weight excluding hydrogens is 334 g/mol. The van der Waals surface area contributed by atoms with Crippen molar-refractivity contribution in [3.8, 4) is 0 Å². The number of carboxylic acids is 1. The maximum Gasteiger partial charge on any atom is 0.339 e. The largest absolute Gasteiger partial charge is 0.478 e. The zero-order valence-corrected chi connectivity index (χ0v) is 11.8. The third-order valence-corrected chi connectivity index (χ3v) is 3.02. The summed E-state index contributed by atoms with van der Waals surface area (Å²) in [6.07, 6.45) is 1.36. The Balaban J connectivity index is 2.45. The molecule has 104 valence electrons. The van der Waals surface area contributed by atoms with Gasteiger partial charge < -0.3 is 10.4 Å². The van der Waals surface area contributed by atoms with Crippen molar-refractivity contribution in [3.05, 3.63) is 51.6 Å². The van der Waals surface area contributed by atoms with Crippen molar-refractivity contribution < 1.29 is 18.7 Å². The Bertz CT molecular complexity index is 692. The molecule has 4 nitrogen and oxygen atoms in total. The summed E-state index contributed by atoms with van der Waals surface area (Å²) in [5.74, 6) is -2.58. The van der Waals surface area contributed by atoms with Crippen LogP contribution in [0.15, 0.2) is 28.9 Å². The summed E-state index contributed by atoms with van der Waals surface area (Å²) in [7, 11) is 0. The van der Waals surface area contributed by atoms with Crippen LogP contribution in [-0.2, 0) is 0 Å². The molecule has 0 spiro atoms. The van der Waals surface area contributed by atoms with Crippen molar-refractivity contribution in [1.29, 1.82) is 0 Å². The van der Waals surface area contributed by atoms with E-state index in [0.29, 0.717) is 4.47 Å². The van der Waals surface area contributed by atoms with Crippen molar-refractivity contribution in [3.63, 3.8) is 0 Å². The second kappa shape index (κ2) is 5.54. The van der Waals surface area contributed by atoms with Gasteiger partial charge in [-0.2, -0.15) is 0 Å². The number of hydrogen-bond acceptors (Lipinski definition) is 3. The minimum absolute atomic E-state index is 0.0668. The summed E-state index contributed by atoms with van der Waals surface area (Å²) in [6.45, 7) is 1.43. The molecule has 2 N–H and O–H groups in total. The first-order valence-corrected chi connectivity index (χ1v) is 6.29. The number of hydrogen-bond donors (Lipinski definition) is 2. The first-order chi connectivity index (χ1) is 9.38. The number of carbonyl (C=O) groups is 1. The molecule has 0 saturated carbocycles. The third kappa shape index (κ3) is 2.93. The quantitative estimate of drug-likeness (QED) is 0.888. The van der Waals surface area contributed by atoms with Crippen LogP contribution in [0.25, 0.3) is 0 Å². The average molecular weight is 343 g/mol. The smallest absolute Gasteiger partial charge is 0.339 e. The van der Waals surface area contributed by atoms with Crippen LogP contribution < -0.4 is 5.32 Å². The summed E-state index contributed by atoms with van der Waals surface area (Å²) in [5, 5.41) is 11.6. The van der Waals surface area contributed by atoms with E-state index in [-0.39, 0.29) is 22.6 Å². The van der Waals surface area contributed by atoms with Crippen LogP contribution >= 0.6 is 15.9 Å². The Kier molecular flexibility index (Phi) is 3.99. The number of aryl methyl sites for hydroxylation is 1. The Morgan fingerprint density at radius 1 is 1.30 bits per heavy atom. The molecule has 0 atom stereocenters. The molecule has 1 aromatic carbocycles. The van der Waals surface area contributed by atoms with E-state index in [9.17, 15) is 13.6 Å². The van der Waals surface area contributed by atoms with Crippen LogP contribution in [-0.4, -0.2) is 16.1 Å². The van der Waals surface area contributed by atoms with Gasteiger partial charge in [-0.15, -0.1) is 0 Å². The van der Waals surface area contributed by atoms with Crippen molar-refractivity contribution >= 4 is 33.4 Å². The summed E-state index contributed by atoms with van der Waals surface area (Å²) >= 11 is 3.10. The Hall–Kier alpha value is -2.02. The molecule has 2 rings (SSSR count). The van der Waals surface area contributed by atoms with Gasteiger partial charge in [0.1, 0.15) is 23.0 Å². The molecule has 20 heavy (non-hydrogen) atoms. The van der Waals surface area contributed by atoms with Crippen LogP contribution in [0, 0.1) is 18.6 Å². The number of pyridine rings is 1. The lowest BCUT2D eigenvalue weighted by Gasteiger charge is -2.10. The number of carboxylic acid groups (broad SMARTS) is 1. The molecule has 0 aliphatic carbocycles. The fourth-order valence-corrected chi connectivity index (χ4v) is 1.90. The molecule has 1 aromatic heterocycles. The number of aromatic carboxylic acids is 1. The van der Waals surface area contributed by atoms with Gasteiger partial charge in [0.05, 0.1) is 5.69 Å². The maximum absolute atomic E-state index is 13.7. The Morgan fingerprint density at radius 2 is 2.00 bits per heavy atom. The molecule has 0 radical (unpaired) electrons. The number of anilines is 2. The Morgan fingerprint density at radius 3 is 2.65 bits per heavy atom. The number of aromatic nitrogens is 1. The van der Waals surface area contributed by atoms with E-state index in [1.807, 2.05) is 0 Å². The van der Waals surface area contributed by atoms with Gasteiger partial charge in [-0.3, -0.25) is 0 Å². The number of benzene rings is 1. The lowest BCUT2D eigenvalue weighted by atomic mass is 10.2. The molecule has 1 heterocycles.